The molecule has 0 fully saturated rings. The standard InChI is InChI=1S/C14H16BrNO2/c1-3-9-16(10-12(2)15)14(17)18-11-13-7-5-4-6-8-13/h3-8H,1-2,9-11H2. The van der Waals surface area contributed by atoms with Crippen molar-refractivity contribution < 1.29 is 9.53 Å². The minimum atomic E-state index is -0.376. The number of nitrogens with zero attached hydrogens (tertiary/aromatic N) is 1. The maximum Gasteiger partial charge on any atom is 0.410 e. The van der Waals surface area contributed by atoms with Gasteiger partial charge in [-0.3, -0.25) is 4.90 Å². The number of rotatable bonds is 6. The predicted octanol–water partition coefficient (Wildman–Crippen LogP) is 3.72. The van der Waals surface area contributed by atoms with Gasteiger partial charge in [0.25, 0.3) is 0 Å². The molecule has 0 aliphatic carbocycles. The number of benzene rings is 1. The molecule has 1 amide bonds. The normalized spacial score (nSPS) is 9.61. The second-order valence-corrected chi connectivity index (χ2v) is 4.85. The molecule has 96 valence electrons. The first-order chi connectivity index (χ1) is 8.63. The highest BCUT2D eigenvalue weighted by atomic mass is 79.9. The van der Waals surface area contributed by atoms with Crippen molar-refractivity contribution >= 4 is 22.0 Å². The van der Waals surface area contributed by atoms with E-state index in [9.17, 15) is 4.79 Å². The van der Waals surface area contributed by atoms with Crippen LogP contribution in [0.15, 0.2) is 54.0 Å². The van der Waals surface area contributed by atoms with Gasteiger partial charge in [0, 0.05) is 11.0 Å². The van der Waals surface area contributed by atoms with Crippen molar-refractivity contribution in [3.8, 4) is 0 Å². The number of ether oxygens (including phenoxy) is 1. The molecular formula is C14H16BrNO2. The molecule has 1 aromatic rings. The number of amides is 1. The van der Waals surface area contributed by atoms with Crippen LogP contribution in [0.4, 0.5) is 4.79 Å². The lowest BCUT2D eigenvalue weighted by Crippen LogP contribution is -2.32. The van der Waals surface area contributed by atoms with Crippen LogP contribution < -0.4 is 0 Å². The molecule has 3 nitrogen and oxygen atoms in total. The first-order valence-electron chi connectivity index (χ1n) is 5.53. The molecule has 0 unspecified atom stereocenters. The number of carbonyl (C=O) groups excluding carboxylic acids is 1. The molecule has 0 bridgehead atoms. The Morgan fingerprint density at radius 3 is 2.61 bits per heavy atom. The summed E-state index contributed by atoms with van der Waals surface area (Å²) in [6.45, 7) is 8.42. The molecule has 0 saturated carbocycles. The Balaban J connectivity index is 2.51. The number of hydrogen-bond acceptors (Lipinski definition) is 2. The summed E-state index contributed by atoms with van der Waals surface area (Å²) in [5.74, 6) is 0. The van der Waals surface area contributed by atoms with E-state index in [1.165, 1.54) is 4.90 Å². The van der Waals surface area contributed by atoms with E-state index in [1.807, 2.05) is 30.3 Å². The molecule has 18 heavy (non-hydrogen) atoms. The van der Waals surface area contributed by atoms with Gasteiger partial charge in [-0.05, 0) is 5.56 Å². The average Bonchev–Trinajstić information content (AvgIpc) is 2.36. The Morgan fingerprint density at radius 1 is 1.39 bits per heavy atom. The molecule has 1 aromatic carbocycles. The Hall–Kier alpha value is -1.55. The lowest BCUT2D eigenvalue weighted by molar-refractivity contribution is 0.104. The number of halogens is 1. The van der Waals surface area contributed by atoms with Crippen LogP contribution in [0.2, 0.25) is 0 Å². The third kappa shape index (κ3) is 5.19. The van der Waals surface area contributed by atoms with Crippen molar-refractivity contribution in [2.24, 2.45) is 0 Å². The summed E-state index contributed by atoms with van der Waals surface area (Å²) in [6, 6.07) is 9.56. The maximum absolute atomic E-state index is 11.8. The first kappa shape index (κ1) is 14.5. The summed E-state index contributed by atoms with van der Waals surface area (Å²) in [6.07, 6.45) is 1.28. The molecule has 0 saturated heterocycles. The summed E-state index contributed by atoms with van der Waals surface area (Å²) >= 11 is 3.23. The summed E-state index contributed by atoms with van der Waals surface area (Å²) in [7, 11) is 0. The van der Waals surface area contributed by atoms with Gasteiger partial charge in [-0.15, -0.1) is 6.58 Å². The molecule has 0 aromatic heterocycles. The third-order valence-electron chi connectivity index (χ3n) is 2.18. The van der Waals surface area contributed by atoms with E-state index in [0.717, 1.165) is 10.0 Å². The van der Waals surface area contributed by atoms with Crippen LogP contribution in [0.3, 0.4) is 0 Å². The second-order valence-electron chi connectivity index (χ2n) is 3.73. The zero-order valence-corrected chi connectivity index (χ0v) is 11.7. The van der Waals surface area contributed by atoms with Gasteiger partial charge in [0.05, 0.1) is 6.54 Å². The topological polar surface area (TPSA) is 29.5 Å². The maximum atomic E-state index is 11.8. The van der Waals surface area contributed by atoms with Crippen molar-refractivity contribution in [2.45, 2.75) is 6.61 Å². The van der Waals surface area contributed by atoms with Crippen molar-refractivity contribution in [1.82, 2.24) is 4.90 Å². The molecule has 1 rings (SSSR count). The van der Waals surface area contributed by atoms with Crippen molar-refractivity contribution in [3.05, 3.63) is 59.6 Å². The van der Waals surface area contributed by atoms with Crippen molar-refractivity contribution in [3.63, 3.8) is 0 Å². The van der Waals surface area contributed by atoms with Gasteiger partial charge >= 0.3 is 6.09 Å². The molecule has 0 atom stereocenters. The summed E-state index contributed by atoms with van der Waals surface area (Å²) in [4.78, 5) is 13.4. The zero-order valence-electron chi connectivity index (χ0n) is 10.1. The summed E-state index contributed by atoms with van der Waals surface area (Å²) in [5.41, 5.74) is 0.960. The number of hydrogen-bond donors (Lipinski definition) is 0. The quantitative estimate of drug-likeness (QED) is 0.750. The minimum absolute atomic E-state index is 0.266. The number of carbonyl (C=O) groups is 1. The Labute approximate surface area is 116 Å². The van der Waals surface area contributed by atoms with E-state index in [1.54, 1.807) is 6.08 Å². The van der Waals surface area contributed by atoms with E-state index in [4.69, 9.17) is 4.74 Å². The third-order valence-corrected chi connectivity index (χ3v) is 2.43. The molecule has 0 radical (unpaired) electrons. The van der Waals surface area contributed by atoms with Gasteiger partial charge in [0.2, 0.25) is 0 Å². The van der Waals surface area contributed by atoms with Crippen molar-refractivity contribution in [1.29, 1.82) is 0 Å². The van der Waals surface area contributed by atoms with Crippen LogP contribution in [-0.2, 0) is 11.3 Å². The van der Waals surface area contributed by atoms with Crippen LogP contribution in [0.5, 0.6) is 0 Å². The smallest absolute Gasteiger partial charge is 0.410 e. The van der Waals surface area contributed by atoms with E-state index < -0.39 is 0 Å². The molecule has 4 heteroatoms. The van der Waals surface area contributed by atoms with Crippen molar-refractivity contribution in [2.75, 3.05) is 13.1 Å². The first-order valence-corrected chi connectivity index (χ1v) is 6.32. The second kappa shape index (κ2) is 7.71. The van der Waals surface area contributed by atoms with Gasteiger partial charge in [-0.2, -0.15) is 0 Å². The Kier molecular flexibility index (Phi) is 6.22. The van der Waals surface area contributed by atoms with Crippen LogP contribution in [-0.4, -0.2) is 24.1 Å². The van der Waals surface area contributed by atoms with Gasteiger partial charge in [0.15, 0.2) is 0 Å². The molecule has 0 heterocycles. The van der Waals surface area contributed by atoms with Crippen LogP contribution >= 0.6 is 15.9 Å². The Morgan fingerprint density at radius 2 is 2.06 bits per heavy atom. The molecular weight excluding hydrogens is 294 g/mol. The van der Waals surface area contributed by atoms with E-state index in [0.29, 0.717) is 13.1 Å². The fraction of sp³-hybridized carbons (Fsp3) is 0.214. The summed E-state index contributed by atoms with van der Waals surface area (Å²) < 4.78 is 5.94. The fourth-order valence-corrected chi connectivity index (χ4v) is 1.68. The molecule has 0 spiro atoms. The highest BCUT2D eigenvalue weighted by molar-refractivity contribution is 9.11. The minimum Gasteiger partial charge on any atom is -0.445 e. The molecule has 0 aliphatic heterocycles. The highest BCUT2D eigenvalue weighted by Crippen LogP contribution is 2.08. The predicted molar refractivity (Wildman–Crippen MR) is 76.5 cm³/mol. The van der Waals surface area contributed by atoms with Gasteiger partial charge < -0.3 is 4.74 Å². The van der Waals surface area contributed by atoms with E-state index in [2.05, 4.69) is 29.1 Å². The van der Waals surface area contributed by atoms with Crippen LogP contribution in [0.1, 0.15) is 5.56 Å². The average molecular weight is 310 g/mol. The largest absolute Gasteiger partial charge is 0.445 e. The molecule has 0 N–H and O–H groups in total. The van der Waals surface area contributed by atoms with Gasteiger partial charge in [-0.1, -0.05) is 58.9 Å². The SMILES string of the molecule is C=CCN(CC(=C)Br)C(=O)OCc1ccccc1. The van der Waals surface area contributed by atoms with E-state index >= 15 is 0 Å². The van der Waals surface area contributed by atoms with Gasteiger partial charge in [-0.25, -0.2) is 4.79 Å². The monoisotopic (exact) mass is 309 g/mol. The highest BCUT2D eigenvalue weighted by Gasteiger charge is 2.13. The summed E-state index contributed by atoms with van der Waals surface area (Å²) in [5, 5.41) is 0. The van der Waals surface area contributed by atoms with Crippen LogP contribution in [0, 0.1) is 0 Å². The molecule has 0 aliphatic rings. The fourth-order valence-electron chi connectivity index (χ4n) is 1.38. The Bertz CT molecular complexity index is 417. The van der Waals surface area contributed by atoms with Crippen LogP contribution in [0.25, 0.3) is 0 Å². The lowest BCUT2D eigenvalue weighted by Gasteiger charge is -2.20. The van der Waals surface area contributed by atoms with E-state index in [-0.39, 0.29) is 12.7 Å². The zero-order chi connectivity index (χ0) is 13.4. The van der Waals surface area contributed by atoms with Gasteiger partial charge in [0.1, 0.15) is 6.61 Å². The lowest BCUT2D eigenvalue weighted by atomic mass is 10.2.